The molecule has 0 spiro atoms. The third-order valence-electron chi connectivity index (χ3n) is 2.54. The Morgan fingerprint density at radius 3 is 2.73 bits per heavy atom. The number of aromatic nitrogens is 2. The molecule has 2 rings (SSSR count). The molecule has 2 aromatic rings. The number of hydrogen-bond acceptors (Lipinski definition) is 2. The van der Waals surface area contributed by atoms with Gasteiger partial charge in [0, 0.05) is 19.7 Å². The first-order valence-electron chi connectivity index (χ1n) is 5.04. The summed E-state index contributed by atoms with van der Waals surface area (Å²) in [7, 11) is 1.93. The van der Waals surface area contributed by atoms with Crippen molar-refractivity contribution in [2.45, 2.75) is 13.5 Å². The Kier molecular flexibility index (Phi) is 2.72. The molecule has 0 aliphatic heterocycles. The minimum absolute atomic E-state index is 0.839. The molecule has 1 aromatic carbocycles. The van der Waals surface area contributed by atoms with Crippen LogP contribution in [0, 0.1) is 6.92 Å². The van der Waals surface area contributed by atoms with E-state index in [0.29, 0.717) is 0 Å². The SMILES string of the molecule is Cc1ccccc1CNc1ccnn1C. The Hall–Kier alpha value is -1.77. The van der Waals surface area contributed by atoms with Crippen LogP contribution in [0.1, 0.15) is 11.1 Å². The van der Waals surface area contributed by atoms with Crippen molar-refractivity contribution >= 4 is 5.82 Å². The van der Waals surface area contributed by atoms with Gasteiger partial charge in [0.25, 0.3) is 0 Å². The number of anilines is 1. The second kappa shape index (κ2) is 4.17. The molecular weight excluding hydrogens is 186 g/mol. The number of aryl methyl sites for hydroxylation is 2. The van der Waals surface area contributed by atoms with Gasteiger partial charge in [-0.3, -0.25) is 4.68 Å². The normalized spacial score (nSPS) is 10.3. The Labute approximate surface area is 89.7 Å². The molecule has 0 radical (unpaired) electrons. The minimum Gasteiger partial charge on any atom is -0.366 e. The first kappa shape index (κ1) is 9.77. The lowest BCUT2D eigenvalue weighted by Gasteiger charge is -2.08. The molecule has 3 nitrogen and oxygen atoms in total. The lowest BCUT2D eigenvalue weighted by atomic mass is 10.1. The monoisotopic (exact) mass is 201 g/mol. The first-order chi connectivity index (χ1) is 7.27. The standard InChI is InChI=1S/C12H15N3/c1-10-5-3-4-6-11(10)9-13-12-7-8-14-15(12)2/h3-8,13H,9H2,1-2H3. The zero-order valence-electron chi connectivity index (χ0n) is 9.07. The lowest BCUT2D eigenvalue weighted by molar-refractivity contribution is 0.768. The maximum atomic E-state index is 4.11. The maximum absolute atomic E-state index is 4.11. The highest BCUT2D eigenvalue weighted by Gasteiger charge is 1.99. The van der Waals surface area contributed by atoms with Gasteiger partial charge >= 0.3 is 0 Å². The van der Waals surface area contributed by atoms with E-state index in [2.05, 4.69) is 41.6 Å². The van der Waals surface area contributed by atoms with Gasteiger partial charge in [0.1, 0.15) is 5.82 Å². The third kappa shape index (κ3) is 2.18. The molecule has 0 bridgehead atoms. The van der Waals surface area contributed by atoms with Crippen LogP contribution in [0.25, 0.3) is 0 Å². The molecular formula is C12H15N3. The Morgan fingerprint density at radius 2 is 2.07 bits per heavy atom. The maximum Gasteiger partial charge on any atom is 0.124 e. The number of nitrogens with one attached hydrogen (secondary N) is 1. The summed E-state index contributed by atoms with van der Waals surface area (Å²) in [5.74, 6) is 1.04. The van der Waals surface area contributed by atoms with Crippen molar-refractivity contribution in [3.8, 4) is 0 Å². The van der Waals surface area contributed by atoms with Gasteiger partial charge in [0.15, 0.2) is 0 Å². The van der Waals surface area contributed by atoms with Gasteiger partial charge < -0.3 is 5.32 Å². The van der Waals surface area contributed by atoms with E-state index in [0.717, 1.165) is 12.4 Å². The number of benzene rings is 1. The van der Waals surface area contributed by atoms with Crippen molar-refractivity contribution < 1.29 is 0 Å². The molecule has 0 aliphatic rings. The largest absolute Gasteiger partial charge is 0.366 e. The number of rotatable bonds is 3. The summed E-state index contributed by atoms with van der Waals surface area (Å²) < 4.78 is 1.83. The lowest BCUT2D eigenvalue weighted by Crippen LogP contribution is -2.05. The molecule has 0 fully saturated rings. The number of hydrogen-bond donors (Lipinski definition) is 1. The molecule has 0 saturated carbocycles. The summed E-state index contributed by atoms with van der Waals surface area (Å²) in [4.78, 5) is 0. The fraction of sp³-hybridized carbons (Fsp3) is 0.250. The van der Waals surface area contributed by atoms with Crippen molar-refractivity contribution in [2.75, 3.05) is 5.32 Å². The van der Waals surface area contributed by atoms with Gasteiger partial charge in [-0.2, -0.15) is 5.10 Å². The molecule has 15 heavy (non-hydrogen) atoms. The van der Waals surface area contributed by atoms with Crippen LogP contribution in [0.2, 0.25) is 0 Å². The Balaban J connectivity index is 2.06. The van der Waals surface area contributed by atoms with Gasteiger partial charge in [0.2, 0.25) is 0 Å². The molecule has 3 heteroatoms. The van der Waals surface area contributed by atoms with Gasteiger partial charge in [-0.05, 0) is 18.1 Å². The van der Waals surface area contributed by atoms with Gasteiger partial charge in [-0.25, -0.2) is 0 Å². The Bertz CT molecular complexity index is 446. The van der Waals surface area contributed by atoms with Crippen LogP contribution in [-0.2, 0) is 13.6 Å². The summed E-state index contributed by atoms with van der Waals surface area (Å²) in [6.07, 6.45) is 1.79. The predicted octanol–water partition coefficient (Wildman–Crippen LogP) is 2.34. The van der Waals surface area contributed by atoms with E-state index in [9.17, 15) is 0 Å². The summed E-state index contributed by atoms with van der Waals surface area (Å²) >= 11 is 0. The van der Waals surface area contributed by atoms with Crippen molar-refractivity contribution in [1.82, 2.24) is 9.78 Å². The van der Waals surface area contributed by atoms with Crippen molar-refractivity contribution in [3.63, 3.8) is 0 Å². The van der Waals surface area contributed by atoms with E-state index in [1.54, 1.807) is 6.20 Å². The minimum atomic E-state index is 0.839. The molecule has 1 aromatic heterocycles. The summed E-state index contributed by atoms with van der Waals surface area (Å²) in [6, 6.07) is 10.4. The predicted molar refractivity (Wildman–Crippen MR) is 61.7 cm³/mol. The Morgan fingerprint density at radius 1 is 1.27 bits per heavy atom. The second-order valence-electron chi connectivity index (χ2n) is 3.62. The van der Waals surface area contributed by atoms with Crippen molar-refractivity contribution in [1.29, 1.82) is 0 Å². The average Bonchev–Trinajstić information content (AvgIpc) is 2.63. The van der Waals surface area contributed by atoms with Crippen LogP contribution in [0.5, 0.6) is 0 Å². The van der Waals surface area contributed by atoms with Crippen molar-refractivity contribution in [3.05, 3.63) is 47.7 Å². The van der Waals surface area contributed by atoms with Gasteiger partial charge in [-0.1, -0.05) is 24.3 Å². The smallest absolute Gasteiger partial charge is 0.124 e. The molecule has 1 heterocycles. The first-order valence-corrected chi connectivity index (χ1v) is 5.04. The van der Waals surface area contributed by atoms with Gasteiger partial charge in [-0.15, -0.1) is 0 Å². The fourth-order valence-electron chi connectivity index (χ4n) is 1.54. The van der Waals surface area contributed by atoms with Crippen molar-refractivity contribution in [2.24, 2.45) is 7.05 Å². The molecule has 0 aliphatic carbocycles. The summed E-state index contributed by atoms with van der Waals surface area (Å²) in [5, 5.41) is 7.46. The fourth-order valence-corrected chi connectivity index (χ4v) is 1.54. The van der Waals surface area contributed by atoms with Crippen LogP contribution in [-0.4, -0.2) is 9.78 Å². The highest BCUT2D eigenvalue weighted by Crippen LogP contribution is 2.10. The van der Waals surface area contributed by atoms with Crippen LogP contribution >= 0.6 is 0 Å². The van der Waals surface area contributed by atoms with E-state index >= 15 is 0 Å². The van der Waals surface area contributed by atoms with Crippen LogP contribution < -0.4 is 5.32 Å². The summed E-state index contributed by atoms with van der Waals surface area (Å²) in [5.41, 5.74) is 2.63. The molecule has 78 valence electrons. The van der Waals surface area contributed by atoms with E-state index in [4.69, 9.17) is 0 Å². The highest BCUT2D eigenvalue weighted by atomic mass is 15.3. The average molecular weight is 201 g/mol. The highest BCUT2D eigenvalue weighted by molar-refractivity contribution is 5.36. The third-order valence-corrected chi connectivity index (χ3v) is 2.54. The zero-order chi connectivity index (χ0) is 10.7. The molecule has 0 atom stereocenters. The van der Waals surface area contributed by atoms with Gasteiger partial charge in [0.05, 0.1) is 6.20 Å². The van der Waals surface area contributed by atoms with Crippen LogP contribution in [0.4, 0.5) is 5.82 Å². The summed E-state index contributed by atoms with van der Waals surface area (Å²) in [6.45, 7) is 2.96. The topological polar surface area (TPSA) is 29.9 Å². The van der Waals surface area contributed by atoms with Crippen LogP contribution in [0.15, 0.2) is 36.5 Å². The molecule has 0 saturated heterocycles. The molecule has 1 N–H and O–H groups in total. The zero-order valence-corrected chi connectivity index (χ0v) is 9.07. The van der Waals surface area contributed by atoms with E-state index in [-0.39, 0.29) is 0 Å². The van der Waals surface area contributed by atoms with E-state index in [1.807, 2.05) is 17.8 Å². The quantitative estimate of drug-likeness (QED) is 0.826. The van der Waals surface area contributed by atoms with E-state index < -0.39 is 0 Å². The number of nitrogens with zero attached hydrogens (tertiary/aromatic N) is 2. The van der Waals surface area contributed by atoms with Crippen LogP contribution in [0.3, 0.4) is 0 Å². The molecule has 0 amide bonds. The second-order valence-corrected chi connectivity index (χ2v) is 3.62. The molecule has 0 unspecified atom stereocenters. The van der Waals surface area contributed by atoms with E-state index in [1.165, 1.54) is 11.1 Å².